The Labute approximate surface area is 213 Å². The van der Waals surface area contributed by atoms with Crippen LogP contribution in [0.25, 0.3) is 20.8 Å². The number of thiazole rings is 1. The van der Waals surface area contributed by atoms with Gasteiger partial charge < -0.3 is 25.2 Å². The molecule has 6 rings (SSSR count). The third-order valence-electron chi connectivity index (χ3n) is 6.82. The molecule has 9 heteroatoms. The lowest BCUT2D eigenvalue weighted by Crippen LogP contribution is -2.34. The molecule has 8 nitrogen and oxygen atoms in total. The van der Waals surface area contributed by atoms with Gasteiger partial charge in [0, 0.05) is 36.7 Å². The molecule has 1 saturated heterocycles. The number of ether oxygens (including phenoxy) is 2. The standard InChI is InChI=1S/C27H29N5O3S/c1-15-23(26-32-18-6-4-5-7-21(18)36-26)19(13-22(29-15)30-17-8-10-28-11-9-17)31-20-12-16(14-33)24-25(20)35-27(2,3)34-24/h4-11,13,16,20,24-25,33H,12,14H2,1-3H3,(H2,28,29,30,31)/t16-,20-,24-,25+/m1/s1. The topological polar surface area (TPSA) is 101 Å². The Hall–Kier alpha value is -3.11. The van der Waals surface area contributed by atoms with Crippen molar-refractivity contribution >= 4 is 38.7 Å². The van der Waals surface area contributed by atoms with Gasteiger partial charge in [0.25, 0.3) is 0 Å². The van der Waals surface area contributed by atoms with Crippen LogP contribution in [0.4, 0.5) is 17.2 Å². The quantitative estimate of drug-likeness (QED) is 0.333. The van der Waals surface area contributed by atoms with Crippen LogP contribution >= 0.6 is 11.3 Å². The molecular formula is C27H29N5O3S. The molecule has 4 atom stereocenters. The zero-order valence-electron chi connectivity index (χ0n) is 20.4. The van der Waals surface area contributed by atoms with Crippen LogP contribution in [0, 0.1) is 12.8 Å². The molecule has 0 amide bonds. The maximum Gasteiger partial charge on any atom is 0.163 e. The third-order valence-corrected chi connectivity index (χ3v) is 7.87. The molecule has 1 aliphatic carbocycles. The number of aryl methyl sites for hydroxylation is 1. The van der Waals surface area contributed by atoms with Crippen molar-refractivity contribution in [2.24, 2.45) is 5.92 Å². The highest BCUT2D eigenvalue weighted by Crippen LogP contribution is 2.44. The molecule has 1 aliphatic heterocycles. The summed E-state index contributed by atoms with van der Waals surface area (Å²) in [6, 6.07) is 14.0. The minimum atomic E-state index is -0.679. The average molecular weight is 504 g/mol. The minimum Gasteiger partial charge on any atom is -0.396 e. The SMILES string of the molecule is Cc1nc(Nc2ccncc2)cc(N[C@@H]2C[C@H](CO)[C@H]3OC(C)(C)O[C@H]32)c1-c1nc2ccccc2s1. The number of nitrogens with one attached hydrogen (secondary N) is 2. The van der Waals surface area contributed by atoms with E-state index in [4.69, 9.17) is 19.4 Å². The Morgan fingerprint density at radius 1 is 1.08 bits per heavy atom. The van der Waals surface area contributed by atoms with Crippen molar-refractivity contribution in [3.05, 3.63) is 60.6 Å². The predicted octanol–water partition coefficient (Wildman–Crippen LogP) is 5.12. The van der Waals surface area contributed by atoms with E-state index < -0.39 is 5.79 Å². The Kier molecular flexibility index (Phi) is 5.88. The number of nitrogens with zero attached hydrogens (tertiary/aromatic N) is 3. The second-order valence-electron chi connectivity index (χ2n) is 9.86. The maximum atomic E-state index is 10.0. The Morgan fingerprint density at radius 2 is 1.86 bits per heavy atom. The lowest BCUT2D eigenvalue weighted by molar-refractivity contribution is -0.158. The van der Waals surface area contributed by atoms with Crippen LogP contribution in [0.3, 0.4) is 0 Å². The first-order chi connectivity index (χ1) is 17.4. The largest absolute Gasteiger partial charge is 0.396 e. The fraction of sp³-hybridized carbons (Fsp3) is 0.370. The van der Waals surface area contributed by atoms with Crippen LogP contribution < -0.4 is 10.6 Å². The number of pyridine rings is 2. The molecular weight excluding hydrogens is 474 g/mol. The average Bonchev–Trinajstić information content (AvgIpc) is 3.50. The van der Waals surface area contributed by atoms with E-state index in [-0.39, 0.29) is 30.8 Å². The number of hydrogen-bond donors (Lipinski definition) is 3. The molecule has 186 valence electrons. The highest BCUT2D eigenvalue weighted by atomic mass is 32.1. The number of hydrogen-bond acceptors (Lipinski definition) is 9. The zero-order valence-corrected chi connectivity index (χ0v) is 21.2. The lowest BCUT2D eigenvalue weighted by atomic mass is 10.1. The van der Waals surface area contributed by atoms with E-state index in [1.54, 1.807) is 23.7 Å². The fourth-order valence-electron chi connectivity index (χ4n) is 5.29. The number of fused-ring (bicyclic) bond motifs is 2. The predicted molar refractivity (Wildman–Crippen MR) is 142 cm³/mol. The molecule has 3 aromatic heterocycles. The van der Waals surface area contributed by atoms with Gasteiger partial charge in [-0.05, 0) is 51.5 Å². The van der Waals surface area contributed by atoms with Crippen LogP contribution in [0.15, 0.2) is 54.9 Å². The number of rotatable bonds is 6. The molecule has 2 fully saturated rings. The minimum absolute atomic E-state index is 0.0116. The molecule has 0 radical (unpaired) electrons. The Bertz CT molecular complexity index is 1360. The summed E-state index contributed by atoms with van der Waals surface area (Å²) in [5.74, 6) is 0.0574. The monoisotopic (exact) mass is 503 g/mol. The number of aromatic nitrogens is 3. The summed E-state index contributed by atoms with van der Waals surface area (Å²) in [5.41, 5.74) is 4.64. The summed E-state index contributed by atoms with van der Waals surface area (Å²) in [7, 11) is 0. The summed E-state index contributed by atoms with van der Waals surface area (Å²) in [4.78, 5) is 13.9. The number of aliphatic hydroxyl groups is 1. The molecule has 1 aromatic carbocycles. The zero-order chi connectivity index (χ0) is 24.9. The first kappa shape index (κ1) is 23.3. The van der Waals surface area contributed by atoms with Crippen molar-refractivity contribution in [3.8, 4) is 10.6 Å². The van der Waals surface area contributed by atoms with E-state index in [9.17, 15) is 5.11 Å². The molecule has 36 heavy (non-hydrogen) atoms. The maximum absolute atomic E-state index is 10.0. The van der Waals surface area contributed by atoms with Gasteiger partial charge in [-0.25, -0.2) is 9.97 Å². The van der Waals surface area contributed by atoms with Crippen molar-refractivity contribution in [2.75, 3.05) is 17.2 Å². The highest BCUT2D eigenvalue weighted by molar-refractivity contribution is 7.21. The molecule has 0 unspecified atom stereocenters. The van der Waals surface area contributed by atoms with E-state index in [0.717, 1.165) is 50.1 Å². The summed E-state index contributed by atoms with van der Waals surface area (Å²) in [6.45, 7) is 5.93. The van der Waals surface area contributed by atoms with Crippen LogP contribution in [0.2, 0.25) is 0 Å². The van der Waals surface area contributed by atoms with Crippen LogP contribution in [0.1, 0.15) is 26.0 Å². The van der Waals surface area contributed by atoms with Gasteiger partial charge in [0.15, 0.2) is 5.79 Å². The number of para-hydroxylation sites is 1. The number of anilines is 3. The summed E-state index contributed by atoms with van der Waals surface area (Å²) >= 11 is 1.65. The van der Waals surface area contributed by atoms with Crippen LogP contribution in [-0.4, -0.2) is 50.7 Å². The van der Waals surface area contributed by atoms with E-state index in [1.165, 1.54) is 0 Å². The molecule has 1 saturated carbocycles. The highest BCUT2D eigenvalue weighted by Gasteiger charge is 2.53. The second-order valence-corrected chi connectivity index (χ2v) is 10.9. The van der Waals surface area contributed by atoms with E-state index >= 15 is 0 Å². The Balaban J connectivity index is 1.41. The van der Waals surface area contributed by atoms with Crippen molar-refractivity contribution in [3.63, 3.8) is 0 Å². The van der Waals surface area contributed by atoms with Gasteiger partial charge in [0.1, 0.15) is 16.9 Å². The lowest BCUT2D eigenvalue weighted by Gasteiger charge is -2.25. The van der Waals surface area contributed by atoms with Crippen LogP contribution in [0.5, 0.6) is 0 Å². The van der Waals surface area contributed by atoms with Crippen molar-refractivity contribution in [2.45, 2.75) is 51.2 Å². The van der Waals surface area contributed by atoms with Gasteiger partial charge in [0.2, 0.25) is 0 Å². The molecule has 3 N–H and O–H groups in total. The molecule has 2 aliphatic rings. The number of benzene rings is 1. The van der Waals surface area contributed by atoms with Crippen molar-refractivity contribution < 1.29 is 14.6 Å². The normalized spacial score (nSPS) is 24.7. The van der Waals surface area contributed by atoms with Gasteiger partial charge in [-0.3, -0.25) is 4.98 Å². The van der Waals surface area contributed by atoms with Crippen LogP contribution in [-0.2, 0) is 9.47 Å². The third kappa shape index (κ3) is 4.32. The first-order valence-electron chi connectivity index (χ1n) is 12.2. The first-order valence-corrected chi connectivity index (χ1v) is 13.0. The van der Waals surface area contributed by atoms with Crippen molar-refractivity contribution in [1.82, 2.24) is 15.0 Å². The van der Waals surface area contributed by atoms with Gasteiger partial charge >= 0.3 is 0 Å². The molecule has 0 spiro atoms. The van der Waals surface area contributed by atoms with E-state index in [1.807, 2.05) is 57.2 Å². The second kappa shape index (κ2) is 9.08. The molecule has 4 aromatic rings. The van der Waals surface area contributed by atoms with Gasteiger partial charge in [0.05, 0.1) is 39.3 Å². The number of aliphatic hydroxyl groups excluding tert-OH is 1. The van der Waals surface area contributed by atoms with Gasteiger partial charge in [-0.15, -0.1) is 11.3 Å². The molecule has 0 bridgehead atoms. The van der Waals surface area contributed by atoms with Crippen molar-refractivity contribution in [1.29, 1.82) is 0 Å². The Morgan fingerprint density at radius 3 is 2.64 bits per heavy atom. The van der Waals surface area contributed by atoms with Gasteiger partial charge in [-0.1, -0.05) is 12.1 Å². The van der Waals surface area contributed by atoms with E-state index in [0.29, 0.717) is 0 Å². The fourth-order valence-corrected chi connectivity index (χ4v) is 6.37. The smallest absolute Gasteiger partial charge is 0.163 e. The summed E-state index contributed by atoms with van der Waals surface area (Å²) in [6.07, 6.45) is 3.93. The summed E-state index contributed by atoms with van der Waals surface area (Å²) in [5, 5.41) is 18.1. The molecule has 4 heterocycles. The van der Waals surface area contributed by atoms with Gasteiger partial charge in [-0.2, -0.15) is 0 Å². The van der Waals surface area contributed by atoms with E-state index in [2.05, 4.69) is 21.7 Å². The summed E-state index contributed by atoms with van der Waals surface area (Å²) < 4.78 is 13.6.